The van der Waals surface area contributed by atoms with Gasteiger partial charge in [0.15, 0.2) is 0 Å². The highest BCUT2D eigenvalue weighted by atomic mass is 32.2. The Morgan fingerprint density at radius 2 is 2.05 bits per heavy atom. The maximum Gasteiger partial charge on any atom is 0.315 e. The van der Waals surface area contributed by atoms with Crippen LogP contribution in [0.15, 0.2) is 4.42 Å². The van der Waals surface area contributed by atoms with Crippen LogP contribution in [0.5, 0.6) is 0 Å². The Morgan fingerprint density at radius 3 is 2.74 bits per heavy atom. The Morgan fingerprint density at radius 1 is 1.26 bits per heavy atom. The molecule has 19 heavy (non-hydrogen) atoms. The van der Waals surface area contributed by atoms with Gasteiger partial charge < -0.3 is 15.1 Å². The first-order valence-corrected chi connectivity index (χ1v) is 8.14. The van der Waals surface area contributed by atoms with Crippen LogP contribution in [-0.2, 0) is 6.54 Å². The predicted octanol–water partition coefficient (Wildman–Crippen LogP) is 2.76. The summed E-state index contributed by atoms with van der Waals surface area (Å²) in [4.78, 5) is 0. The van der Waals surface area contributed by atoms with Gasteiger partial charge in [0.25, 0.3) is 0 Å². The second kappa shape index (κ2) is 9.20. The molecule has 0 saturated heterocycles. The molecule has 0 fully saturated rings. The Labute approximate surface area is 120 Å². The van der Waals surface area contributed by atoms with E-state index in [2.05, 4.69) is 48.5 Å². The van der Waals surface area contributed by atoms with E-state index in [0.29, 0.717) is 30.4 Å². The van der Waals surface area contributed by atoms with E-state index in [1.807, 2.05) is 11.8 Å². The van der Waals surface area contributed by atoms with Gasteiger partial charge in [-0.25, -0.2) is 0 Å². The summed E-state index contributed by atoms with van der Waals surface area (Å²) in [5, 5.41) is 14.5. The van der Waals surface area contributed by atoms with Crippen molar-refractivity contribution in [1.29, 1.82) is 0 Å². The summed E-state index contributed by atoms with van der Waals surface area (Å²) in [5.41, 5.74) is 0. The van der Waals surface area contributed by atoms with Crippen molar-refractivity contribution in [3.05, 3.63) is 5.89 Å². The van der Waals surface area contributed by atoms with Crippen LogP contribution in [0.4, 0.5) is 6.01 Å². The molecule has 1 unspecified atom stereocenters. The number of aromatic nitrogens is 2. The highest BCUT2D eigenvalue weighted by molar-refractivity contribution is 7.99. The fourth-order valence-corrected chi connectivity index (χ4v) is 2.35. The standard InChI is InChI=1S/C13H26N4OS/c1-5-19-7-6-11(4)15-13-17-16-12(18-13)9-14-8-10(2)3/h10-11,14H,5-9H2,1-4H3,(H,15,17). The molecular formula is C13H26N4OS. The number of hydrogen-bond donors (Lipinski definition) is 2. The zero-order valence-corrected chi connectivity index (χ0v) is 13.2. The summed E-state index contributed by atoms with van der Waals surface area (Å²) < 4.78 is 5.54. The van der Waals surface area contributed by atoms with Gasteiger partial charge in [0, 0.05) is 6.04 Å². The largest absolute Gasteiger partial charge is 0.407 e. The van der Waals surface area contributed by atoms with Crippen molar-refractivity contribution < 1.29 is 4.42 Å². The van der Waals surface area contributed by atoms with Crippen molar-refractivity contribution in [3.63, 3.8) is 0 Å². The SMILES string of the molecule is CCSCCC(C)Nc1nnc(CNCC(C)C)o1. The van der Waals surface area contributed by atoms with Gasteiger partial charge >= 0.3 is 6.01 Å². The highest BCUT2D eigenvalue weighted by Gasteiger charge is 2.09. The van der Waals surface area contributed by atoms with Gasteiger partial charge in [-0.3, -0.25) is 0 Å². The summed E-state index contributed by atoms with van der Waals surface area (Å²) in [6, 6.07) is 0.881. The quantitative estimate of drug-likeness (QED) is 0.645. The topological polar surface area (TPSA) is 63.0 Å². The van der Waals surface area contributed by atoms with Gasteiger partial charge in [-0.05, 0) is 37.3 Å². The lowest BCUT2D eigenvalue weighted by Gasteiger charge is -2.10. The Balaban J connectivity index is 2.25. The van der Waals surface area contributed by atoms with Crippen molar-refractivity contribution >= 4 is 17.8 Å². The first-order chi connectivity index (χ1) is 9.11. The Kier molecular flexibility index (Phi) is 7.90. The van der Waals surface area contributed by atoms with Crippen LogP contribution in [0.1, 0.15) is 40.0 Å². The lowest BCUT2D eigenvalue weighted by molar-refractivity contribution is 0.456. The Hall–Kier alpha value is -0.750. The van der Waals surface area contributed by atoms with E-state index in [0.717, 1.165) is 18.7 Å². The molecule has 1 heterocycles. The van der Waals surface area contributed by atoms with Crippen molar-refractivity contribution in [2.24, 2.45) is 5.92 Å². The van der Waals surface area contributed by atoms with E-state index in [9.17, 15) is 0 Å². The molecule has 0 amide bonds. The second-order valence-corrected chi connectivity index (χ2v) is 6.45. The average molecular weight is 286 g/mol. The number of anilines is 1. The van der Waals surface area contributed by atoms with Crippen LogP contribution in [-0.4, -0.2) is 34.3 Å². The first-order valence-electron chi connectivity index (χ1n) is 6.99. The minimum Gasteiger partial charge on any atom is -0.407 e. The van der Waals surface area contributed by atoms with E-state index in [1.165, 1.54) is 5.75 Å². The molecule has 0 aromatic carbocycles. The van der Waals surface area contributed by atoms with Crippen LogP contribution in [0, 0.1) is 5.92 Å². The third kappa shape index (κ3) is 7.42. The third-order valence-corrected chi connectivity index (χ3v) is 3.50. The van der Waals surface area contributed by atoms with Gasteiger partial charge in [0.1, 0.15) is 0 Å². The number of nitrogens with zero attached hydrogens (tertiary/aromatic N) is 2. The number of nitrogens with one attached hydrogen (secondary N) is 2. The average Bonchev–Trinajstić information content (AvgIpc) is 2.76. The summed E-state index contributed by atoms with van der Waals surface area (Å²) in [5.74, 6) is 3.58. The molecule has 1 atom stereocenters. The summed E-state index contributed by atoms with van der Waals surface area (Å²) >= 11 is 1.95. The van der Waals surface area contributed by atoms with E-state index >= 15 is 0 Å². The monoisotopic (exact) mass is 286 g/mol. The first kappa shape index (κ1) is 16.3. The predicted molar refractivity (Wildman–Crippen MR) is 81.5 cm³/mol. The van der Waals surface area contributed by atoms with Crippen LogP contribution in [0.25, 0.3) is 0 Å². The maximum atomic E-state index is 5.54. The van der Waals surface area contributed by atoms with Gasteiger partial charge in [-0.1, -0.05) is 25.9 Å². The zero-order valence-electron chi connectivity index (χ0n) is 12.4. The lowest BCUT2D eigenvalue weighted by Crippen LogP contribution is -2.19. The molecule has 5 nitrogen and oxygen atoms in total. The molecular weight excluding hydrogens is 260 g/mol. The van der Waals surface area contributed by atoms with E-state index < -0.39 is 0 Å². The van der Waals surface area contributed by atoms with E-state index in [-0.39, 0.29) is 0 Å². The number of rotatable bonds is 10. The molecule has 6 heteroatoms. The van der Waals surface area contributed by atoms with Gasteiger partial charge in [0.05, 0.1) is 6.54 Å². The van der Waals surface area contributed by atoms with Crippen molar-refractivity contribution in [1.82, 2.24) is 15.5 Å². The minimum atomic E-state index is 0.357. The van der Waals surface area contributed by atoms with E-state index in [4.69, 9.17) is 4.42 Å². The fraction of sp³-hybridized carbons (Fsp3) is 0.846. The minimum absolute atomic E-state index is 0.357. The molecule has 2 N–H and O–H groups in total. The molecule has 0 radical (unpaired) electrons. The molecule has 1 aromatic heterocycles. The summed E-state index contributed by atoms with van der Waals surface area (Å²) in [6.45, 7) is 10.2. The molecule has 0 aliphatic rings. The zero-order chi connectivity index (χ0) is 14.1. The van der Waals surface area contributed by atoms with Crippen molar-refractivity contribution in [2.45, 2.75) is 46.7 Å². The van der Waals surface area contributed by atoms with Gasteiger partial charge in [0.2, 0.25) is 5.89 Å². The maximum absolute atomic E-state index is 5.54. The lowest BCUT2D eigenvalue weighted by atomic mass is 10.2. The highest BCUT2D eigenvalue weighted by Crippen LogP contribution is 2.10. The molecule has 1 rings (SSSR count). The van der Waals surface area contributed by atoms with Gasteiger partial charge in [-0.2, -0.15) is 11.8 Å². The second-order valence-electron chi connectivity index (χ2n) is 5.06. The third-order valence-electron chi connectivity index (χ3n) is 2.56. The molecule has 0 spiro atoms. The number of thioether (sulfide) groups is 1. The molecule has 0 bridgehead atoms. The van der Waals surface area contributed by atoms with Crippen LogP contribution < -0.4 is 10.6 Å². The van der Waals surface area contributed by atoms with Crippen LogP contribution >= 0.6 is 11.8 Å². The summed E-state index contributed by atoms with van der Waals surface area (Å²) in [6.07, 6.45) is 1.10. The van der Waals surface area contributed by atoms with Crippen LogP contribution in [0.3, 0.4) is 0 Å². The fourth-order valence-electron chi connectivity index (χ4n) is 1.54. The normalized spacial score (nSPS) is 12.9. The molecule has 0 saturated carbocycles. The van der Waals surface area contributed by atoms with Crippen molar-refractivity contribution in [3.8, 4) is 0 Å². The molecule has 110 valence electrons. The smallest absolute Gasteiger partial charge is 0.315 e. The van der Waals surface area contributed by atoms with Crippen LogP contribution in [0.2, 0.25) is 0 Å². The molecule has 1 aromatic rings. The Bertz CT molecular complexity index is 343. The van der Waals surface area contributed by atoms with Gasteiger partial charge in [-0.15, -0.1) is 5.10 Å². The summed E-state index contributed by atoms with van der Waals surface area (Å²) in [7, 11) is 0. The molecule has 0 aliphatic heterocycles. The number of hydrogen-bond acceptors (Lipinski definition) is 6. The molecule has 0 aliphatic carbocycles. The van der Waals surface area contributed by atoms with E-state index in [1.54, 1.807) is 0 Å². The van der Waals surface area contributed by atoms with Crippen molar-refractivity contribution in [2.75, 3.05) is 23.4 Å².